The Morgan fingerprint density at radius 2 is 0.939 bits per heavy atom. The molecule has 2 bridgehead atoms. The summed E-state index contributed by atoms with van der Waals surface area (Å²) in [7, 11) is 5.12. The molecule has 10 rings (SSSR count). The third-order valence-electron chi connectivity index (χ3n) is 22.8. The first kappa shape index (κ1) is 99.5. The fraction of sp³-hybridized carbons (Fsp3) is 0.368. The van der Waals surface area contributed by atoms with E-state index in [0.29, 0.717) is 49.8 Å². The number of carboxylic acids is 1. The maximum atomic E-state index is 15.8. The van der Waals surface area contributed by atoms with Gasteiger partial charge in [-0.2, -0.15) is 0 Å². The minimum absolute atomic E-state index is 0.0276. The SMILES string of the molecule is CC(C)C[C@@H]1NC(=O)C(Cc2ccc(O)cc2)NC(=O)[C@H](Cc2c[nH]c3ccccc23)NC(=O)CN2C(=O)[C@H](Cc3ccc(O)cc32)NC(=O)[C@H](Cc2ccccc2)N(C)C(=O)[C@H](C(C)C)NC(=O)[C@H](CC(=O)O)NC(=O)CN(C)C(=O)[C@H](Cc2ccc(O)cc2)N(C)C(=O)[C@H](Cc2ccccc2)N(C)C(=O)[C@H](Cc2ccccc2)NC(=O)CSC[C@@H](C(=O)NCC(N)=O)NC1=O. The number of aromatic hydroxyl groups is 3. The molecular formula is C95H112N16O20S. The van der Waals surface area contributed by atoms with Crippen molar-refractivity contribution in [1.82, 2.24) is 72.4 Å². The van der Waals surface area contributed by atoms with E-state index in [1.807, 2.05) is 0 Å². The third kappa shape index (κ3) is 27.7. The summed E-state index contributed by atoms with van der Waals surface area (Å²) in [5, 5.41) is 66.6. The topological polar surface area (TPSA) is 520 Å². The Morgan fingerprint density at radius 3 is 1.52 bits per heavy atom. The molecule has 1 unspecified atom stereocenters. The minimum Gasteiger partial charge on any atom is -0.508 e. The van der Waals surface area contributed by atoms with Gasteiger partial charge in [-0.1, -0.05) is 167 Å². The number of carbonyl (C=O) groups is 16. The van der Waals surface area contributed by atoms with Gasteiger partial charge in [0.25, 0.3) is 0 Å². The molecule has 1 fully saturated rings. The van der Waals surface area contributed by atoms with Crippen LogP contribution in [0.4, 0.5) is 5.69 Å². The van der Waals surface area contributed by atoms with Gasteiger partial charge < -0.3 is 103 Å². The first-order valence-corrected chi connectivity index (χ1v) is 44.2. The molecule has 1 aromatic heterocycles. The zero-order chi connectivity index (χ0) is 95.7. The number of phenols is 3. The number of anilines is 1. The van der Waals surface area contributed by atoms with Crippen LogP contribution in [0.2, 0.25) is 0 Å². The van der Waals surface area contributed by atoms with Crippen LogP contribution in [-0.2, 0) is 122 Å². The smallest absolute Gasteiger partial charge is 0.305 e. The van der Waals surface area contributed by atoms with Gasteiger partial charge >= 0.3 is 5.97 Å². The van der Waals surface area contributed by atoms with E-state index in [4.69, 9.17) is 5.73 Å². The molecule has 0 aliphatic carbocycles. The lowest BCUT2D eigenvalue weighted by atomic mass is 9.95. The number of nitrogens with zero attached hydrogens (tertiary/aromatic N) is 5. The highest BCUT2D eigenvalue weighted by Crippen LogP contribution is 2.33. The highest BCUT2D eigenvalue weighted by Gasteiger charge is 2.44. The van der Waals surface area contributed by atoms with Crippen LogP contribution in [0.25, 0.3) is 10.9 Å². The molecule has 698 valence electrons. The summed E-state index contributed by atoms with van der Waals surface area (Å²) in [6.45, 7) is 4.10. The maximum absolute atomic E-state index is 15.8. The Bertz CT molecular complexity index is 5500. The number of thioether (sulfide) groups is 1. The van der Waals surface area contributed by atoms with Gasteiger partial charge in [0.2, 0.25) is 88.6 Å². The van der Waals surface area contributed by atoms with Crippen molar-refractivity contribution < 1.29 is 97.1 Å². The molecular weight excluding hydrogens is 1720 g/mol. The van der Waals surface area contributed by atoms with E-state index in [0.717, 1.165) is 36.3 Å². The summed E-state index contributed by atoms with van der Waals surface area (Å²) >= 11 is 0.808. The number of H-pyrrole nitrogens is 1. The molecule has 0 radical (unpaired) electrons. The number of phenolic OH excluding ortho intramolecular Hbond substituents is 3. The first-order chi connectivity index (χ1) is 62.9. The number of primary amides is 1. The van der Waals surface area contributed by atoms with E-state index in [9.17, 15) is 49.2 Å². The Morgan fingerprint density at radius 1 is 0.462 bits per heavy atom. The van der Waals surface area contributed by atoms with Gasteiger partial charge in [0.1, 0.15) is 90.3 Å². The van der Waals surface area contributed by atoms with E-state index < -0.39 is 205 Å². The number of benzene rings is 7. The van der Waals surface area contributed by atoms with Crippen molar-refractivity contribution in [2.24, 2.45) is 17.6 Å². The molecule has 36 nitrogen and oxygen atoms in total. The van der Waals surface area contributed by atoms with E-state index >= 15 is 47.9 Å². The molecule has 132 heavy (non-hydrogen) atoms. The van der Waals surface area contributed by atoms with Crippen molar-refractivity contribution in [2.75, 3.05) is 64.2 Å². The molecule has 0 spiro atoms. The van der Waals surface area contributed by atoms with Gasteiger partial charge in [-0.05, 0) is 93.6 Å². The van der Waals surface area contributed by atoms with Gasteiger partial charge in [0, 0.05) is 102 Å². The largest absolute Gasteiger partial charge is 0.508 e. The highest BCUT2D eigenvalue weighted by molar-refractivity contribution is 8.00. The number of aromatic amines is 1. The summed E-state index contributed by atoms with van der Waals surface area (Å²) in [6, 6.07) is 30.5. The fourth-order valence-corrected chi connectivity index (χ4v) is 16.6. The number of hydrogen-bond acceptors (Lipinski definition) is 20. The number of nitrogens with two attached hydrogens (primary N) is 1. The van der Waals surface area contributed by atoms with E-state index in [-0.39, 0.29) is 80.2 Å². The Hall–Kier alpha value is -14.7. The molecule has 2 aliphatic rings. The van der Waals surface area contributed by atoms with Crippen molar-refractivity contribution in [3.05, 3.63) is 227 Å². The number of nitrogens with one attached hydrogen (secondary N) is 10. The predicted molar refractivity (Wildman–Crippen MR) is 489 cm³/mol. The van der Waals surface area contributed by atoms with Crippen LogP contribution in [0.5, 0.6) is 17.2 Å². The van der Waals surface area contributed by atoms with Gasteiger partial charge in [-0.25, -0.2) is 0 Å². The second kappa shape index (κ2) is 46.6. The molecule has 16 N–H and O–H groups in total. The van der Waals surface area contributed by atoms with E-state index in [2.05, 4.69) is 52.8 Å². The van der Waals surface area contributed by atoms with Gasteiger partial charge in [0.05, 0.1) is 31.0 Å². The second-order valence-electron chi connectivity index (χ2n) is 33.7. The van der Waals surface area contributed by atoms with Crippen LogP contribution in [0.1, 0.15) is 79.5 Å². The van der Waals surface area contributed by atoms with Crippen molar-refractivity contribution in [3.8, 4) is 17.2 Å². The van der Waals surface area contributed by atoms with Crippen molar-refractivity contribution in [3.63, 3.8) is 0 Å². The van der Waals surface area contributed by atoms with Crippen molar-refractivity contribution in [2.45, 2.75) is 152 Å². The van der Waals surface area contributed by atoms with E-state index in [1.165, 1.54) is 94.9 Å². The number of likely N-dealkylation sites (N-methyl/N-ethyl adjacent to an activating group) is 4. The lowest BCUT2D eigenvalue weighted by molar-refractivity contribution is -0.151. The zero-order valence-corrected chi connectivity index (χ0v) is 75.2. The summed E-state index contributed by atoms with van der Waals surface area (Å²) in [5.41, 5.74) is 9.35. The normalized spacial score (nSPS) is 21.9. The van der Waals surface area contributed by atoms with Crippen LogP contribution in [-0.4, -0.2) is 265 Å². The Labute approximate surface area is 766 Å². The molecule has 37 heteroatoms. The number of hydrogen-bond donors (Lipinski definition) is 15. The monoisotopic (exact) mass is 1830 g/mol. The number of carbonyl (C=O) groups excluding carboxylic acids is 15. The summed E-state index contributed by atoms with van der Waals surface area (Å²) in [6.07, 6.45) is -1.28. The van der Waals surface area contributed by atoms with Crippen LogP contribution in [0.3, 0.4) is 0 Å². The third-order valence-corrected chi connectivity index (χ3v) is 23.9. The van der Waals surface area contributed by atoms with E-state index in [1.54, 1.807) is 149 Å². The van der Waals surface area contributed by atoms with Crippen LogP contribution < -0.4 is 58.5 Å². The summed E-state index contributed by atoms with van der Waals surface area (Å²) in [4.78, 5) is 245. The predicted octanol–water partition coefficient (Wildman–Crippen LogP) is 1.97. The molecule has 11 atom stereocenters. The summed E-state index contributed by atoms with van der Waals surface area (Å²) < 4.78 is 0. The van der Waals surface area contributed by atoms with Crippen LogP contribution in [0.15, 0.2) is 188 Å². The fourth-order valence-electron chi connectivity index (χ4n) is 15.7. The number of fused-ring (bicyclic) bond motifs is 5. The van der Waals surface area contributed by atoms with Gasteiger partial charge in [-0.15, -0.1) is 11.8 Å². The molecule has 8 aromatic rings. The lowest BCUT2D eigenvalue weighted by Gasteiger charge is -2.37. The molecule has 0 saturated carbocycles. The van der Waals surface area contributed by atoms with Crippen molar-refractivity contribution >= 4 is 123 Å². The van der Waals surface area contributed by atoms with Gasteiger partial charge in [0.15, 0.2) is 0 Å². The zero-order valence-electron chi connectivity index (χ0n) is 74.3. The molecule has 7 aromatic carbocycles. The number of amides is 15. The number of aromatic nitrogens is 1. The lowest BCUT2D eigenvalue weighted by Crippen LogP contribution is -2.62. The number of rotatable bonds is 20. The second-order valence-corrected chi connectivity index (χ2v) is 34.7. The summed E-state index contributed by atoms with van der Waals surface area (Å²) in [5.74, 6) is -18.5. The van der Waals surface area contributed by atoms with Crippen LogP contribution >= 0.6 is 11.8 Å². The molecule has 2 aliphatic heterocycles. The molecule has 15 amide bonds. The number of para-hydroxylation sites is 1. The maximum Gasteiger partial charge on any atom is 0.305 e. The average molecular weight is 1830 g/mol. The Kier molecular flexibility index (Phi) is 35.1. The minimum atomic E-state index is -1.95. The first-order valence-electron chi connectivity index (χ1n) is 43.0. The van der Waals surface area contributed by atoms with Gasteiger partial charge in [-0.3, -0.25) is 76.7 Å². The van der Waals surface area contributed by atoms with Crippen LogP contribution in [0, 0.1) is 11.8 Å². The average Bonchev–Trinajstić information content (AvgIpc) is 1.61. The standard InChI is InChI=1S/C95H112N16O20S/c1-54(2)38-68-86(122)105-74(85(121)98-49-79(96)115)52-132-53-82(118)101-72(40-56-20-12-9-13-21-56)91(127)109(7)78(42-58-24-16-11-17-25-58)94(130)110(8)77(43-60-30-35-64(113)36-31-60)93(129)107(5)50-80(116)100-71(47-83(119)120)89(125)106-84(55(3)4)95(131)108(6)76(41-57-22-14-10-15-23-57)90(126)104-73-44-61-32-37-65(114)46-75(61)111(92(73)128)51-81(117)99-70(45-62-48-97-67-27-19-18-26-66(62)67)88(124)103-69(87(123)102-68)39-59-28-33-63(112)34-29-59/h9-37,46,48,54-55,68-74,76-78,84,97,112-114H,38-45,47,49-53H2,1-8H3,(H2,96,115)(H,98,121)(H,99,117)(H,100,116)(H,101,118)(H,102,123)(H,103,124)(H,104,126)(H,105,122)(H,106,125)(H,119,120)/t68-,69?,70-,71-,72-,73-,74-,76-,77-,78-,84-/m0/s1. The highest BCUT2D eigenvalue weighted by atomic mass is 32.2. The number of carboxylic acid groups (broad SMARTS) is 1. The number of aliphatic carboxylic acids is 1. The Balaban J connectivity index is 1.04. The quantitative estimate of drug-likeness (QED) is 0.0519. The van der Waals surface area contributed by atoms with Crippen molar-refractivity contribution in [1.29, 1.82) is 0 Å². The molecule has 1 saturated heterocycles. The molecule has 3 heterocycles.